The number of thioether (sulfide) groups is 1. The molecule has 7 nitrogen and oxygen atoms in total. The summed E-state index contributed by atoms with van der Waals surface area (Å²) in [5.41, 5.74) is 4.80. The third-order valence-electron chi connectivity index (χ3n) is 4.72. The summed E-state index contributed by atoms with van der Waals surface area (Å²) >= 11 is 1.56. The van der Waals surface area contributed by atoms with E-state index < -0.39 is 0 Å². The molecule has 0 aliphatic carbocycles. The van der Waals surface area contributed by atoms with Crippen molar-refractivity contribution >= 4 is 17.4 Å². The summed E-state index contributed by atoms with van der Waals surface area (Å²) in [6.45, 7) is 2.43. The van der Waals surface area contributed by atoms with Gasteiger partial charge in [-0.15, -0.1) is 0 Å². The standard InChI is InChI=1S/C20H19N5O2S/c1-28-20-21-11-15-12-24(9-8-19(15)23-20)13-16-5-3-7-18(22-16)14-4-2-6-17(10-14)25(26)27/h2-7,10-11H,8-9,12-13H2,1H3. The van der Waals surface area contributed by atoms with Crippen molar-refractivity contribution in [1.82, 2.24) is 19.9 Å². The molecule has 0 saturated heterocycles. The largest absolute Gasteiger partial charge is 0.293 e. The maximum Gasteiger partial charge on any atom is 0.270 e. The second-order valence-corrected chi connectivity index (χ2v) is 7.38. The number of non-ortho nitro benzene ring substituents is 1. The molecular weight excluding hydrogens is 374 g/mol. The lowest BCUT2D eigenvalue weighted by molar-refractivity contribution is -0.384. The van der Waals surface area contributed by atoms with E-state index in [4.69, 9.17) is 4.98 Å². The Hall–Kier alpha value is -2.84. The Kier molecular flexibility index (Phi) is 5.31. The van der Waals surface area contributed by atoms with Gasteiger partial charge in [0.25, 0.3) is 5.69 Å². The highest BCUT2D eigenvalue weighted by Crippen LogP contribution is 2.24. The Morgan fingerprint density at radius 3 is 2.89 bits per heavy atom. The number of nitro benzene ring substituents is 1. The molecule has 0 unspecified atom stereocenters. The minimum absolute atomic E-state index is 0.0713. The summed E-state index contributed by atoms with van der Waals surface area (Å²) in [4.78, 5) is 26.7. The molecule has 3 aromatic rings. The number of aromatic nitrogens is 3. The van der Waals surface area contributed by atoms with Crippen LogP contribution in [-0.4, -0.2) is 37.6 Å². The topological polar surface area (TPSA) is 85.0 Å². The molecule has 0 atom stereocenters. The number of hydrogen-bond donors (Lipinski definition) is 0. The van der Waals surface area contributed by atoms with Gasteiger partial charge in [0.1, 0.15) is 0 Å². The van der Waals surface area contributed by atoms with Gasteiger partial charge in [-0.25, -0.2) is 9.97 Å². The molecule has 8 heteroatoms. The van der Waals surface area contributed by atoms with Gasteiger partial charge >= 0.3 is 0 Å². The van der Waals surface area contributed by atoms with Gasteiger partial charge in [-0.1, -0.05) is 30.0 Å². The Morgan fingerprint density at radius 2 is 2.07 bits per heavy atom. The lowest BCUT2D eigenvalue weighted by Crippen LogP contribution is -2.31. The quantitative estimate of drug-likeness (QED) is 0.283. The van der Waals surface area contributed by atoms with Crippen LogP contribution in [0.4, 0.5) is 5.69 Å². The zero-order valence-electron chi connectivity index (χ0n) is 15.4. The van der Waals surface area contributed by atoms with E-state index in [1.807, 2.05) is 36.7 Å². The van der Waals surface area contributed by atoms with Gasteiger partial charge in [-0.05, 0) is 18.4 Å². The fraction of sp³-hybridized carbons (Fsp3) is 0.250. The van der Waals surface area contributed by atoms with Crippen LogP contribution in [-0.2, 0) is 19.5 Å². The van der Waals surface area contributed by atoms with Gasteiger partial charge in [-0.3, -0.25) is 20.0 Å². The van der Waals surface area contributed by atoms with Crippen molar-refractivity contribution in [3.8, 4) is 11.3 Å². The first kappa shape index (κ1) is 18.5. The number of pyridine rings is 1. The summed E-state index contributed by atoms with van der Waals surface area (Å²) < 4.78 is 0. The van der Waals surface area contributed by atoms with Crippen LogP contribution in [0.25, 0.3) is 11.3 Å². The van der Waals surface area contributed by atoms with Gasteiger partial charge in [-0.2, -0.15) is 0 Å². The fourth-order valence-electron chi connectivity index (χ4n) is 3.33. The van der Waals surface area contributed by atoms with E-state index in [0.29, 0.717) is 6.54 Å². The second-order valence-electron chi connectivity index (χ2n) is 6.61. The maximum atomic E-state index is 11.0. The van der Waals surface area contributed by atoms with Crippen molar-refractivity contribution in [3.05, 3.63) is 75.7 Å². The normalized spacial score (nSPS) is 13.9. The third-order valence-corrected chi connectivity index (χ3v) is 5.28. The van der Waals surface area contributed by atoms with E-state index in [1.165, 1.54) is 11.6 Å². The lowest BCUT2D eigenvalue weighted by Gasteiger charge is -2.27. The van der Waals surface area contributed by atoms with E-state index in [-0.39, 0.29) is 10.6 Å². The number of nitro groups is 1. The number of nitrogens with zero attached hydrogens (tertiary/aromatic N) is 5. The highest BCUT2D eigenvalue weighted by atomic mass is 32.2. The van der Waals surface area contributed by atoms with Crippen molar-refractivity contribution in [2.45, 2.75) is 24.7 Å². The summed E-state index contributed by atoms with van der Waals surface area (Å²) in [5, 5.41) is 11.8. The SMILES string of the molecule is CSc1ncc2c(n1)CCN(Cc1cccc(-c3cccc([N+](=O)[O-])c3)n1)C2. The predicted octanol–water partition coefficient (Wildman–Crippen LogP) is 3.73. The van der Waals surface area contributed by atoms with Crippen LogP contribution < -0.4 is 0 Å². The molecule has 28 heavy (non-hydrogen) atoms. The van der Waals surface area contributed by atoms with Gasteiger partial charge in [0.2, 0.25) is 0 Å². The highest BCUT2D eigenvalue weighted by molar-refractivity contribution is 7.98. The molecule has 3 heterocycles. The second kappa shape index (κ2) is 8.04. The molecule has 0 saturated carbocycles. The Balaban J connectivity index is 1.51. The first-order valence-corrected chi connectivity index (χ1v) is 10.2. The molecule has 1 aliphatic heterocycles. The van der Waals surface area contributed by atoms with Crippen molar-refractivity contribution in [1.29, 1.82) is 0 Å². The lowest BCUT2D eigenvalue weighted by atomic mass is 10.1. The summed E-state index contributed by atoms with van der Waals surface area (Å²) in [5.74, 6) is 0. The fourth-order valence-corrected chi connectivity index (χ4v) is 3.69. The molecule has 0 spiro atoms. The van der Waals surface area contributed by atoms with Crippen LogP contribution >= 0.6 is 11.8 Å². The highest BCUT2D eigenvalue weighted by Gasteiger charge is 2.19. The van der Waals surface area contributed by atoms with E-state index >= 15 is 0 Å². The third kappa shape index (κ3) is 4.02. The van der Waals surface area contributed by atoms with Crippen molar-refractivity contribution in [3.63, 3.8) is 0 Å². The molecule has 0 N–H and O–H groups in total. The molecule has 2 aromatic heterocycles. The molecule has 0 amide bonds. The molecule has 0 bridgehead atoms. The molecule has 142 valence electrons. The Bertz CT molecular complexity index is 1030. The van der Waals surface area contributed by atoms with Crippen molar-refractivity contribution in [2.75, 3.05) is 12.8 Å². The molecule has 4 rings (SSSR count). The van der Waals surface area contributed by atoms with Crippen LogP contribution in [0.2, 0.25) is 0 Å². The minimum Gasteiger partial charge on any atom is -0.293 e. The Morgan fingerprint density at radius 1 is 1.21 bits per heavy atom. The van der Waals surface area contributed by atoms with E-state index in [9.17, 15) is 10.1 Å². The van der Waals surface area contributed by atoms with Crippen molar-refractivity contribution < 1.29 is 4.92 Å². The maximum absolute atomic E-state index is 11.0. The van der Waals surface area contributed by atoms with Crippen molar-refractivity contribution in [2.24, 2.45) is 0 Å². The van der Waals surface area contributed by atoms with Crippen LogP contribution in [0.3, 0.4) is 0 Å². The Labute approximate surface area is 167 Å². The summed E-state index contributed by atoms with van der Waals surface area (Å²) in [6, 6.07) is 12.4. The van der Waals surface area contributed by atoms with E-state index in [0.717, 1.165) is 47.3 Å². The van der Waals surface area contributed by atoms with Gasteiger partial charge in [0, 0.05) is 55.5 Å². The number of rotatable bonds is 5. The molecule has 1 aliphatic rings. The first-order chi connectivity index (χ1) is 13.6. The van der Waals surface area contributed by atoms with Crippen LogP contribution in [0.1, 0.15) is 17.0 Å². The molecule has 1 aromatic carbocycles. The monoisotopic (exact) mass is 393 g/mol. The van der Waals surface area contributed by atoms with E-state index in [2.05, 4.69) is 14.9 Å². The molecule has 0 radical (unpaired) electrons. The molecular formula is C20H19N5O2S. The summed E-state index contributed by atoms with van der Waals surface area (Å²) in [6.07, 6.45) is 4.81. The van der Waals surface area contributed by atoms with Crippen LogP contribution in [0.15, 0.2) is 53.8 Å². The minimum atomic E-state index is -0.386. The number of hydrogen-bond acceptors (Lipinski definition) is 7. The van der Waals surface area contributed by atoms with Crippen LogP contribution in [0, 0.1) is 10.1 Å². The van der Waals surface area contributed by atoms with Crippen LogP contribution in [0.5, 0.6) is 0 Å². The number of fused-ring (bicyclic) bond motifs is 1. The zero-order chi connectivity index (χ0) is 19.5. The van der Waals surface area contributed by atoms with Gasteiger partial charge in [0.05, 0.1) is 22.0 Å². The first-order valence-electron chi connectivity index (χ1n) is 8.94. The predicted molar refractivity (Wildman–Crippen MR) is 108 cm³/mol. The summed E-state index contributed by atoms with van der Waals surface area (Å²) in [7, 11) is 0. The average Bonchev–Trinajstić information content (AvgIpc) is 2.73. The number of benzene rings is 1. The average molecular weight is 393 g/mol. The zero-order valence-corrected chi connectivity index (χ0v) is 16.2. The molecule has 0 fully saturated rings. The van der Waals surface area contributed by atoms with Gasteiger partial charge in [0.15, 0.2) is 5.16 Å². The smallest absolute Gasteiger partial charge is 0.270 e. The van der Waals surface area contributed by atoms with E-state index in [1.54, 1.807) is 23.9 Å². The van der Waals surface area contributed by atoms with Gasteiger partial charge < -0.3 is 0 Å².